The average Bonchev–Trinajstić information content (AvgIpc) is 3.66. The van der Waals surface area contributed by atoms with Gasteiger partial charge in [-0.2, -0.15) is 0 Å². The molecule has 0 unspecified atom stereocenters. The van der Waals surface area contributed by atoms with Crippen molar-refractivity contribution < 1.29 is 23.5 Å². The Balaban J connectivity index is 1.34. The third-order valence-corrected chi connectivity index (χ3v) is 6.97. The Kier molecular flexibility index (Phi) is 9.57. The SMILES string of the molecule is CCCN(Cc1nnc(-c2ccc3[nH]c(-c4ccc(NC(C)=O)cc4)cc3c2)o1)C(=O)[C@H](NC(=O)OC(C)C)c1ccccc1. The zero-order valence-corrected chi connectivity index (χ0v) is 25.7. The molecule has 0 bridgehead atoms. The number of nitrogens with zero attached hydrogens (tertiary/aromatic N) is 3. The quantitative estimate of drug-likeness (QED) is 0.156. The van der Waals surface area contributed by atoms with Gasteiger partial charge in [0.25, 0.3) is 0 Å². The van der Waals surface area contributed by atoms with Gasteiger partial charge in [-0.3, -0.25) is 9.59 Å². The highest BCUT2D eigenvalue weighted by atomic mass is 16.6. The van der Waals surface area contributed by atoms with Gasteiger partial charge in [0, 0.05) is 41.3 Å². The lowest BCUT2D eigenvalue weighted by molar-refractivity contribution is -0.134. The van der Waals surface area contributed by atoms with Crippen molar-refractivity contribution in [3.8, 4) is 22.7 Å². The van der Waals surface area contributed by atoms with Gasteiger partial charge in [-0.15, -0.1) is 10.2 Å². The van der Waals surface area contributed by atoms with Gasteiger partial charge in [0.2, 0.25) is 23.6 Å². The second-order valence-electron chi connectivity index (χ2n) is 10.9. The van der Waals surface area contributed by atoms with E-state index in [-0.39, 0.29) is 30.4 Å². The molecule has 45 heavy (non-hydrogen) atoms. The summed E-state index contributed by atoms with van der Waals surface area (Å²) in [4.78, 5) is 42.7. The number of aromatic nitrogens is 3. The minimum absolute atomic E-state index is 0.0783. The van der Waals surface area contributed by atoms with Crippen LogP contribution in [0.15, 0.2) is 83.3 Å². The van der Waals surface area contributed by atoms with Crippen LogP contribution < -0.4 is 10.6 Å². The Morgan fingerprint density at radius 2 is 1.69 bits per heavy atom. The van der Waals surface area contributed by atoms with Gasteiger partial charge in [-0.1, -0.05) is 49.4 Å². The lowest BCUT2D eigenvalue weighted by atomic mass is 10.1. The molecule has 0 aliphatic carbocycles. The van der Waals surface area contributed by atoms with Crippen LogP contribution in [-0.4, -0.2) is 50.6 Å². The van der Waals surface area contributed by atoms with Crippen molar-refractivity contribution in [3.05, 3.63) is 90.3 Å². The van der Waals surface area contributed by atoms with Crippen molar-refractivity contribution >= 4 is 34.5 Å². The van der Waals surface area contributed by atoms with Crippen molar-refractivity contribution in [3.63, 3.8) is 0 Å². The fourth-order valence-electron chi connectivity index (χ4n) is 4.97. The molecule has 0 aliphatic heterocycles. The minimum Gasteiger partial charge on any atom is -0.447 e. The maximum atomic E-state index is 13.8. The standard InChI is InChI=1S/C34H36N6O5/c1-5-17-40(33(42)31(24-9-7-6-8-10-24)37-34(43)44-21(2)3)20-30-38-39-32(45-30)25-13-16-28-26(18-25)19-29(36-28)23-11-14-27(15-12-23)35-22(4)41/h6-16,18-19,21,31,36H,5,17,20H2,1-4H3,(H,35,41)(H,37,43)/t31-/m1/s1. The number of hydrogen-bond donors (Lipinski definition) is 3. The predicted molar refractivity (Wildman–Crippen MR) is 171 cm³/mol. The largest absolute Gasteiger partial charge is 0.447 e. The Morgan fingerprint density at radius 3 is 2.38 bits per heavy atom. The maximum Gasteiger partial charge on any atom is 0.408 e. The topological polar surface area (TPSA) is 142 Å². The van der Waals surface area contributed by atoms with Crippen LogP contribution in [0.2, 0.25) is 0 Å². The molecule has 232 valence electrons. The summed E-state index contributed by atoms with van der Waals surface area (Å²) in [5.41, 5.74) is 4.95. The molecule has 3 N–H and O–H groups in total. The molecule has 3 amide bonds. The lowest BCUT2D eigenvalue weighted by Gasteiger charge is -2.27. The molecular formula is C34H36N6O5. The van der Waals surface area contributed by atoms with Gasteiger partial charge in [0.15, 0.2) is 0 Å². The lowest BCUT2D eigenvalue weighted by Crippen LogP contribution is -2.43. The first-order chi connectivity index (χ1) is 21.7. The van der Waals surface area contributed by atoms with Crippen LogP contribution in [0, 0.1) is 0 Å². The monoisotopic (exact) mass is 608 g/mol. The number of rotatable bonds is 11. The summed E-state index contributed by atoms with van der Waals surface area (Å²) in [5.74, 6) is 0.177. The second kappa shape index (κ2) is 13.9. The smallest absolute Gasteiger partial charge is 0.408 e. The first-order valence-electron chi connectivity index (χ1n) is 14.8. The molecular weight excluding hydrogens is 572 g/mol. The van der Waals surface area contributed by atoms with Crippen LogP contribution in [0.4, 0.5) is 10.5 Å². The van der Waals surface area contributed by atoms with Crippen LogP contribution in [-0.2, 0) is 20.9 Å². The molecule has 0 aliphatic rings. The van der Waals surface area contributed by atoms with Crippen LogP contribution in [0.25, 0.3) is 33.6 Å². The number of H-pyrrole nitrogens is 1. The Hall–Kier alpha value is -5.45. The second-order valence-corrected chi connectivity index (χ2v) is 10.9. The highest BCUT2D eigenvalue weighted by Crippen LogP contribution is 2.29. The van der Waals surface area contributed by atoms with Crippen LogP contribution in [0.1, 0.15) is 51.6 Å². The van der Waals surface area contributed by atoms with Gasteiger partial charge in [-0.05, 0) is 67.8 Å². The first-order valence-corrected chi connectivity index (χ1v) is 14.8. The molecule has 5 aromatic rings. The fourth-order valence-corrected chi connectivity index (χ4v) is 4.97. The van der Waals surface area contributed by atoms with Gasteiger partial charge in [-0.25, -0.2) is 4.79 Å². The van der Waals surface area contributed by atoms with E-state index in [1.54, 1.807) is 30.9 Å². The number of amides is 3. The first kappa shape index (κ1) is 31.0. The number of nitrogens with one attached hydrogen (secondary N) is 3. The van der Waals surface area contributed by atoms with Gasteiger partial charge in [0.05, 0.1) is 12.6 Å². The number of hydrogen-bond acceptors (Lipinski definition) is 7. The number of carbonyl (C=O) groups is 3. The molecule has 2 aromatic heterocycles. The fraction of sp³-hybridized carbons (Fsp3) is 0.265. The normalized spacial score (nSPS) is 11.8. The summed E-state index contributed by atoms with van der Waals surface area (Å²) in [6, 6.07) is 23.5. The van der Waals surface area contributed by atoms with Crippen molar-refractivity contribution in [1.29, 1.82) is 0 Å². The minimum atomic E-state index is -0.946. The molecule has 0 spiro atoms. The number of alkyl carbamates (subject to hydrolysis) is 1. The summed E-state index contributed by atoms with van der Waals surface area (Å²) in [5, 5.41) is 14.9. The van der Waals surface area contributed by atoms with E-state index in [2.05, 4.69) is 25.8 Å². The van der Waals surface area contributed by atoms with Crippen molar-refractivity contribution in [2.45, 2.75) is 52.8 Å². The third-order valence-electron chi connectivity index (χ3n) is 6.97. The summed E-state index contributed by atoms with van der Waals surface area (Å²) < 4.78 is 11.3. The molecule has 0 fully saturated rings. The average molecular weight is 609 g/mol. The third kappa shape index (κ3) is 7.74. The van der Waals surface area contributed by atoms with E-state index in [9.17, 15) is 14.4 Å². The molecule has 2 heterocycles. The van der Waals surface area contributed by atoms with E-state index in [4.69, 9.17) is 9.15 Å². The van der Waals surface area contributed by atoms with E-state index >= 15 is 0 Å². The molecule has 11 heteroatoms. The number of aromatic amines is 1. The predicted octanol–water partition coefficient (Wildman–Crippen LogP) is 6.46. The van der Waals surface area contributed by atoms with E-state index in [0.717, 1.165) is 33.4 Å². The van der Waals surface area contributed by atoms with Crippen molar-refractivity contribution in [2.24, 2.45) is 0 Å². The van der Waals surface area contributed by atoms with E-state index in [1.807, 2.05) is 73.7 Å². The molecule has 11 nitrogen and oxygen atoms in total. The van der Waals surface area contributed by atoms with Crippen molar-refractivity contribution in [1.82, 2.24) is 25.4 Å². The van der Waals surface area contributed by atoms with E-state index in [0.29, 0.717) is 24.4 Å². The maximum absolute atomic E-state index is 13.8. The summed E-state index contributed by atoms with van der Waals surface area (Å²) in [6.07, 6.45) is -0.318. The van der Waals surface area contributed by atoms with Crippen LogP contribution in [0.5, 0.6) is 0 Å². The molecule has 3 aromatic carbocycles. The number of anilines is 1. The van der Waals surface area contributed by atoms with Gasteiger partial charge < -0.3 is 29.7 Å². The number of fused-ring (bicyclic) bond motifs is 1. The number of carbonyl (C=O) groups excluding carboxylic acids is 3. The molecule has 0 saturated heterocycles. The zero-order chi connectivity index (χ0) is 31.9. The van der Waals surface area contributed by atoms with E-state index < -0.39 is 12.1 Å². The summed E-state index contributed by atoms with van der Waals surface area (Å²) in [6.45, 7) is 7.44. The highest BCUT2D eigenvalue weighted by Gasteiger charge is 2.29. The van der Waals surface area contributed by atoms with Gasteiger partial charge in [0.1, 0.15) is 6.04 Å². The Labute approximate surface area is 261 Å². The number of ether oxygens (including phenoxy) is 1. The molecule has 0 radical (unpaired) electrons. The Bertz CT molecular complexity index is 1780. The van der Waals surface area contributed by atoms with Gasteiger partial charge >= 0.3 is 6.09 Å². The zero-order valence-electron chi connectivity index (χ0n) is 25.7. The van der Waals surface area contributed by atoms with Crippen LogP contribution in [0.3, 0.4) is 0 Å². The molecule has 5 rings (SSSR count). The molecule has 1 atom stereocenters. The van der Waals surface area contributed by atoms with E-state index in [1.165, 1.54) is 6.92 Å². The highest BCUT2D eigenvalue weighted by molar-refractivity contribution is 5.91. The number of benzene rings is 3. The summed E-state index contributed by atoms with van der Waals surface area (Å²) in [7, 11) is 0. The van der Waals surface area contributed by atoms with Crippen molar-refractivity contribution in [2.75, 3.05) is 11.9 Å². The Morgan fingerprint density at radius 1 is 0.956 bits per heavy atom. The summed E-state index contributed by atoms with van der Waals surface area (Å²) >= 11 is 0. The molecule has 0 saturated carbocycles. The van der Waals surface area contributed by atoms with Crippen LogP contribution >= 0.6 is 0 Å².